The monoisotopic (exact) mass is 268 g/mol. The van der Waals surface area contributed by atoms with Crippen LogP contribution in [0.4, 0.5) is 0 Å². The van der Waals surface area contributed by atoms with Gasteiger partial charge < -0.3 is 4.74 Å². The van der Waals surface area contributed by atoms with Gasteiger partial charge in [-0.05, 0) is 31.0 Å². The van der Waals surface area contributed by atoms with Crippen LogP contribution in [0.25, 0.3) is 0 Å². The molecule has 18 heavy (non-hydrogen) atoms. The number of ether oxygens (including phenoxy) is 1. The zero-order valence-electron chi connectivity index (χ0n) is 11.4. The third-order valence-corrected chi connectivity index (χ3v) is 4.73. The molecule has 0 aromatic heterocycles. The first kappa shape index (κ1) is 14.9. The second-order valence-corrected chi connectivity index (χ2v) is 6.23. The number of rotatable bonds is 6. The molecule has 0 saturated carbocycles. The minimum Gasteiger partial charge on any atom is -0.496 e. The third kappa shape index (κ3) is 3.67. The van der Waals surface area contributed by atoms with E-state index >= 15 is 0 Å². The lowest BCUT2D eigenvalue weighted by Crippen LogP contribution is -2.19. The highest BCUT2D eigenvalue weighted by atomic mass is 32.2. The molecule has 0 amide bonds. The van der Waals surface area contributed by atoms with Crippen molar-refractivity contribution in [2.75, 3.05) is 12.9 Å². The molecule has 0 bridgehead atoms. The molecule has 0 heterocycles. The van der Waals surface area contributed by atoms with E-state index in [1.165, 1.54) is 7.11 Å². The second kappa shape index (κ2) is 6.69. The molecular formula is C14H20O3S. The Kier molecular flexibility index (Phi) is 5.54. The van der Waals surface area contributed by atoms with Crippen molar-refractivity contribution in [3.05, 3.63) is 29.3 Å². The minimum absolute atomic E-state index is 0.0467. The number of hydrogen-bond donors (Lipinski definition) is 0. The normalized spacial score (nSPS) is 14.0. The van der Waals surface area contributed by atoms with Crippen LogP contribution in [0.3, 0.4) is 0 Å². The van der Waals surface area contributed by atoms with Crippen LogP contribution in [0.2, 0.25) is 0 Å². The predicted molar refractivity (Wildman–Crippen MR) is 74.8 cm³/mol. The van der Waals surface area contributed by atoms with E-state index in [0.717, 1.165) is 12.0 Å². The Morgan fingerprint density at radius 1 is 1.44 bits per heavy atom. The Bertz CT molecular complexity index is 454. The molecule has 0 aliphatic heterocycles. The molecular weight excluding hydrogens is 248 g/mol. The zero-order chi connectivity index (χ0) is 13.7. The lowest BCUT2D eigenvalue weighted by Gasteiger charge is -2.10. The van der Waals surface area contributed by atoms with Crippen molar-refractivity contribution in [3.8, 4) is 5.75 Å². The average Bonchev–Trinajstić information content (AvgIpc) is 2.37. The summed E-state index contributed by atoms with van der Waals surface area (Å²) in [4.78, 5) is 12.1. The predicted octanol–water partition coefficient (Wildman–Crippen LogP) is 2.73. The maximum atomic E-state index is 12.1. The number of Topliss-reactive ketones (excluding diaryl/α,β-unsaturated/α-hetero) is 1. The van der Waals surface area contributed by atoms with Crippen LogP contribution in [-0.4, -0.2) is 28.1 Å². The Balaban J connectivity index is 2.88. The number of hydrogen-bond acceptors (Lipinski definition) is 3. The highest BCUT2D eigenvalue weighted by Crippen LogP contribution is 2.21. The lowest BCUT2D eigenvalue weighted by molar-refractivity contribution is 0.101. The number of ketones is 1. The summed E-state index contributed by atoms with van der Waals surface area (Å²) in [6, 6.07) is 5.42. The Hall–Kier alpha value is -1.16. The molecule has 1 aromatic rings. The van der Waals surface area contributed by atoms with Gasteiger partial charge in [0.15, 0.2) is 5.78 Å². The number of carbonyl (C=O) groups excluding carboxylic acids is 1. The van der Waals surface area contributed by atoms with Gasteiger partial charge in [-0.1, -0.05) is 19.9 Å². The standard InChI is InChI=1S/C14H20O3S/c1-5-11(3)18(16)9-13(15)12-7-6-10(2)8-14(12)17-4/h6-8,11H,5,9H2,1-4H3. The first-order chi connectivity index (χ1) is 8.49. The number of methoxy groups -OCH3 is 1. The molecule has 0 radical (unpaired) electrons. The molecule has 2 unspecified atom stereocenters. The summed E-state index contributed by atoms with van der Waals surface area (Å²) >= 11 is 0. The molecule has 0 aliphatic rings. The van der Waals surface area contributed by atoms with Crippen LogP contribution >= 0.6 is 0 Å². The Labute approximate surface area is 111 Å². The summed E-state index contributed by atoms with van der Waals surface area (Å²) in [5.74, 6) is 0.501. The summed E-state index contributed by atoms with van der Waals surface area (Å²) in [6.07, 6.45) is 0.810. The van der Waals surface area contributed by atoms with E-state index in [1.54, 1.807) is 6.07 Å². The second-order valence-electron chi connectivity index (χ2n) is 4.37. The van der Waals surface area contributed by atoms with E-state index in [0.29, 0.717) is 11.3 Å². The first-order valence-corrected chi connectivity index (χ1v) is 7.42. The van der Waals surface area contributed by atoms with E-state index in [9.17, 15) is 9.00 Å². The largest absolute Gasteiger partial charge is 0.496 e. The SMILES string of the molecule is CCC(C)S(=O)CC(=O)c1ccc(C)cc1OC. The van der Waals surface area contributed by atoms with Gasteiger partial charge in [-0.3, -0.25) is 9.00 Å². The van der Waals surface area contributed by atoms with E-state index in [4.69, 9.17) is 4.74 Å². The van der Waals surface area contributed by atoms with Gasteiger partial charge in [0.2, 0.25) is 0 Å². The van der Waals surface area contributed by atoms with Crippen molar-refractivity contribution in [2.45, 2.75) is 32.4 Å². The summed E-state index contributed by atoms with van der Waals surface area (Å²) in [7, 11) is 0.423. The van der Waals surface area contributed by atoms with E-state index in [2.05, 4.69) is 0 Å². The summed E-state index contributed by atoms with van der Waals surface area (Å²) in [5.41, 5.74) is 1.55. The van der Waals surface area contributed by atoms with Crippen molar-refractivity contribution in [1.29, 1.82) is 0 Å². The highest BCUT2D eigenvalue weighted by Gasteiger charge is 2.18. The van der Waals surface area contributed by atoms with E-state index < -0.39 is 10.8 Å². The van der Waals surface area contributed by atoms with Crippen LogP contribution in [-0.2, 0) is 10.8 Å². The molecule has 1 rings (SSSR count). The minimum atomic E-state index is -1.12. The van der Waals surface area contributed by atoms with Gasteiger partial charge in [0.05, 0.1) is 18.4 Å². The van der Waals surface area contributed by atoms with Crippen LogP contribution in [0.15, 0.2) is 18.2 Å². The van der Waals surface area contributed by atoms with Crippen LogP contribution in [0.1, 0.15) is 36.2 Å². The molecule has 3 nitrogen and oxygen atoms in total. The fourth-order valence-corrected chi connectivity index (χ4v) is 2.63. The van der Waals surface area contributed by atoms with Gasteiger partial charge in [0.25, 0.3) is 0 Å². The molecule has 2 atom stereocenters. The fourth-order valence-electron chi connectivity index (χ4n) is 1.56. The number of aryl methyl sites for hydroxylation is 1. The maximum absolute atomic E-state index is 12.1. The van der Waals surface area contributed by atoms with Crippen molar-refractivity contribution in [3.63, 3.8) is 0 Å². The van der Waals surface area contributed by atoms with Crippen molar-refractivity contribution in [2.24, 2.45) is 0 Å². The van der Waals surface area contributed by atoms with Crippen molar-refractivity contribution in [1.82, 2.24) is 0 Å². The quantitative estimate of drug-likeness (QED) is 0.745. The van der Waals surface area contributed by atoms with Crippen LogP contribution in [0.5, 0.6) is 5.75 Å². The van der Waals surface area contributed by atoms with E-state index in [1.807, 2.05) is 32.9 Å². The fraction of sp³-hybridized carbons (Fsp3) is 0.500. The average molecular weight is 268 g/mol. The number of benzene rings is 1. The van der Waals surface area contributed by atoms with Gasteiger partial charge in [0, 0.05) is 16.0 Å². The highest BCUT2D eigenvalue weighted by molar-refractivity contribution is 7.86. The zero-order valence-corrected chi connectivity index (χ0v) is 12.2. The van der Waals surface area contributed by atoms with Crippen LogP contribution in [0, 0.1) is 6.92 Å². The summed E-state index contributed by atoms with van der Waals surface area (Å²) in [5, 5.41) is 0.0467. The lowest BCUT2D eigenvalue weighted by atomic mass is 10.1. The topological polar surface area (TPSA) is 43.4 Å². The molecule has 0 aliphatic carbocycles. The van der Waals surface area contributed by atoms with Crippen LogP contribution < -0.4 is 4.74 Å². The smallest absolute Gasteiger partial charge is 0.179 e. The molecule has 0 fully saturated rings. The van der Waals surface area contributed by atoms with Gasteiger partial charge in [-0.2, -0.15) is 0 Å². The summed E-state index contributed by atoms with van der Waals surface area (Å²) in [6.45, 7) is 5.81. The molecule has 1 aromatic carbocycles. The Morgan fingerprint density at radius 3 is 2.67 bits per heavy atom. The first-order valence-electron chi connectivity index (χ1n) is 6.04. The van der Waals surface area contributed by atoms with Gasteiger partial charge in [-0.25, -0.2) is 0 Å². The molecule has 0 N–H and O–H groups in total. The van der Waals surface area contributed by atoms with Gasteiger partial charge >= 0.3 is 0 Å². The van der Waals surface area contributed by atoms with Crippen molar-refractivity contribution < 1.29 is 13.7 Å². The Morgan fingerprint density at radius 2 is 2.11 bits per heavy atom. The number of carbonyl (C=O) groups is 1. The third-order valence-electron chi connectivity index (χ3n) is 2.95. The van der Waals surface area contributed by atoms with Gasteiger partial charge in [-0.15, -0.1) is 0 Å². The van der Waals surface area contributed by atoms with Gasteiger partial charge in [0.1, 0.15) is 5.75 Å². The maximum Gasteiger partial charge on any atom is 0.179 e. The van der Waals surface area contributed by atoms with E-state index in [-0.39, 0.29) is 16.8 Å². The molecule has 0 spiro atoms. The molecule has 0 saturated heterocycles. The van der Waals surface area contributed by atoms with Crippen molar-refractivity contribution >= 4 is 16.6 Å². The summed E-state index contributed by atoms with van der Waals surface area (Å²) < 4.78 is 17.1. The molecule has 100 valence electrons. The molecule has 4 heteroatoms.